The van der Waals surface area contributed by atoms with Crippen molar-refractivity contribution in [1.29, 1.82) is 0 Å². The van der Waals surface area contributed by atoms with Crippen molar-refractivity contribution in [3.8, 4) is 0 Å². The van der Waals surface area contributed by atoms with Gasteiger partial charge in [-0.05, 0) is 49.6 Å². The van der Waals surface area contributed by atoms with Crippen molar-refractivity contribution in [3.63, 3.8) is 0 Å². The number of rotatable bonds is 6. The van der Waals surface area contributed by atoms with Crippen molar-refractivity contribution in [2.45, 2.75) is 20.8 Å². The SMILES string of the molecule is Cc1cccc(C)c1NC(=O)C[NH+]1CC[NH+](CC(=O)Nc2cccc(Cl)c2C)CC1. The van der Waals surface area contributed by atoms with Crippen molar-refractivity contribution < 1.29 is 19.4 Å². The summed E-state index contributed by atoms with van der Waals surface area (Å²) in [6, 6.07) is 11.5. The molecule has 6 nitrogen and oxygen atoms in total. The Labute approximate surface area is 183 Å². The van der Waals surface area contributed by atoms with E-state index in [1.165, 1.54) is 9.80 Å². The Morgan fingerprint density at radius 1 is 0.833 bits per heavy atom. The van der Waals surface area contributed by atoms with E-state index in [1.54, 1.807) is 0 Å². The highest BCUT2D eigenvalue weighted by Gasteiger charge is 2.26. The quantitative estimate of drug-likeness (QED) is 0.543. The number of benzene rings is 2. The van der Waals surface area contributed by atoms with E-state index in [2.05, 4.69) is 10.6 Å². The zero-order valence-electron chi connectivity index (χ0n) is 17.9. The molecule has 0 unspecified atom stereocenters. The number of piperazine rings is 1. The van der Waals surface area contributed by atoms with Crippen molar-refractivity contribution in [2.24, 2.45) is 0 Å². The molecular formula is C23H31ClN4O2+2. The van der Waals surface area contributed by atoms with Crippen LogP contribution < -0.4 is 20.4 Å². The van der Waals surface area contributed by atoms with Crippen LogP contribution in [0.1, 0.15) is 16.7 Å². The van der Waals surface area contributed by atoms with E-state index in [9.17, 15) is 9.59 Å². The summed E-state index contributed by atoms with van der Waals surface area (Å²) in [4.78, 5) is 27.4. The summed E-state index contributed by atoms with van der Waals surface area (Å²) >= 11 is 6.12. The lowest BCUT2D eigenvalue weighted by molar-refractivity contribution is -1.00. The molecule has 0 atom stereocenters. The second kappa shape index (κ2) is 10.1. The number of hydrogen-bond donors (Lipinski definition) is 4. The number of carbonyl (C=O) groups is 2. The third kappa shape index (κ3) is 5.81. The minimum absolute atomic E-state index is 0.00779. The lowest BCUT2D eigenvalue weighted by atomic mass is 10.1. The van der Waals surface area contributed by atoms with Crippen LogP contribution in [0.3, 0.4) is 0 Å². The zero-order valence-corrected chi connectivity index (χ0v) is 18.7. The molecule has 30 heavy (non-hydrogen) atoms. The van der Waals surface area contributed by atoms with Gasteiger partial charge in [0.1, 0.15) is 26.2 Å². The smallest absolute Gasteiger partial charge is 0.279 e. The molecular weight excluding hydrogens is 400 g/mol. The van der Waals surface area contributed by atoms with Crippen LogP contribution in [0, 0.1) is 20.8 Å². The molecule has 160 valence electrons. The number of carbonyl (C=O) groups excluding carboxylic acids is 2. The molecule has 7 heteroatoms. The van der Waals surface area contributed by atoms with Crippen LogP contribution >= 0.6 is 11.6 Å². The number of halogens is 1. The van der Waals surface area contributed by atoms with Gasteiger partial charge in [0.2, 0.25) is 0 Å². The van der Waals surface area contributed by atoms with Gasteiger partial charge in [-0.1, -0.05) is 35.9 Å². The summed E-state index contributed by atoms with van der Waals surface area (Å²) in [5.41, 5.74) is 4.72. The van der Waals surface area contributed by atoms with Crippen LogP contribution in [0.15, 0.2) is 36.4 Å². The van der Waals surface area contributed by atoms with Crippen molar-refractivity contribution in [3.05, 3.63) is 58.1 Å². The van der Waals surface area contributed by atoms with E-state index in [0.29, 0.717) is 18.1 Å². The van der Waals surface area contributed by atoms with Gasteiger partial charge in [-0.15, -0.1) is 0 Å². The van der Waals surface area contributed by atoms with Crippen molar-refractivity contribution in [1.82, 2.24) is 0 Å². The lowest BCUT2D eigenvalue weighted by Gasteiger charge is -2.29. The fraction of sp³-hybridized carbons (Fsp3) is 0.391. The number of para-hydroxylation sites is 1. The first-order valence-corrected chi connectivity index (χ1v) is 10.8. The molecule has 4 N–H and O–H groups in total. The summed E-state index contributed by atoms with van der Waals surface area (Å²) in [5.74, 6) is 0.0339. The number of amides is 2. The highest BCUT2D eigenvalue weighted by atomic mass is 35.5. The summed E-state index contributed by atoms with van der Waals surface area (Å²) in [6.45, 7) is 10.3. The molecule has 2 amide bonds. The molecule has 0 bridgehead atoms. The van der Waals surface area contributed by atoms with E-state index < -0.39 is 0 Å². The maximum absolute atomic E-state index is 12.5. The fourth-order valence-corrected chi connectivity index (χ4v) is 4.07. The van der Waals surface area contributed by atoms with Crippen molar-refractivity contribution in [2.75, 3.05) is 49.9 Å². The lowest BCUT2D eigenvalue weighted by Crippen LogP contribution is -3.28. The summed E-state index contributed by atoms with van der Waals surface area (Å²) in [5, 5.41) is 6.68. The second-order valence-electron chi connectivity index (χ2n) is 8.13. The van der Waals surface area contributed by atoms with Crippen molar-refractivity contribution >= 4 is 34.8 Å². The van der Waals surface area contributed by atoms with Gasteiger partial charge in [-0.25, -0.2) is 0 Å². The zero-order chi connectivity index (χ0) is 21.7. The molecule has 0 saturated carbocycles. The van der Waals surface area contributed by atoms with Gasteiger partial charge in [0.15, 0.2) is 13.1 Å². The predicted octanol–water partition coefficient (Wildman–Crippen LogP) is 0.626. The van der Waals surface area contributed by atoms with Gasteiger partial charge in [0.25, 0.3) is 11.8 Å². The molecule has 1 fully saturated rings. The maximum atomic E-state index is 12.5. The first-order chi connectivity index (χ1) is 14.3. The predicted molar refractivity (Wildman–Crippen MR) is 120 cm³/mol. The first-order valence-electron chi connectivity index (χ1n) is 10.4. The topological polar surface area (TPSA) is 67.1 Å². The maximum Gasteiger partial charge on any atom is 0.279 e. The molecule has 0 aliphatic carbocycles. The van der Waals surface area contributed by atoms with Gasteiger partial charge in [-0.2, -0.15) is 0 Å². The molecule has 1 saturated heterocycles. The van der Waals surface area contributed by atoms with Crippen LogP contribution in [0.2, 0.25) is 5.02 Å². The Balaban J connectivity index is 1.44. The number of quaternary nitrogens is 2. The van der Waals surface area contributed by atoms with Crippen LogP contribution in [-0.2, 0) is 9.59 Å². The van der Waals surface area contributed by atoms with Crippen LogP contribution in [-0.4, -0.2) is 51.1 Å². The fourth-order valence-electron chi connectivity index (χ4n) is 3.90. The Kier molecular flexibility index (Phi) is 7.48. The molecule has 2 aromatic carbocycles. The highest BCUT2D eigenvalue weighted by Crippen LogP contribution is 2.22. The second-order valence-corrected chi connectivity index (χ2v) is 8.54. The number of hydrogen-bond acceptors (Lipinski definition) is 2. The normalized spacial score (nSPS) is 18.7. The van der Waals surface area contributed by atoms with Gasteiger partial charge >= 0.3 is 0 Å². The van der Waals surface area contributed by atoms with Crippen LogP contribution in [0.25, 0.3) is 0 Å². The first kappa shape index (κ1) is 22.3. The largest absolute Gasteiger partial charge is 0.321 e. The molecule has 2 aromatic rings. The Morgan fingerprint density at radius 3 is 1.90 bits per heavy atom. The van der Waals surface area contributed by atoms with Crippen LogP contribution in [0.5, 0.6) is 0 Å². The van der Waals surface area contributed by atoms with E-state index in [-0.39, 0.29) is 11.8 Å². The summed E-state index contributed by atoms with van der Waals surface area (Å²) < 4.78 is 0. The average molecular weight is 431 g/mol. The molecule has 0 radical (unpaired) electrons. The molecule has 0 spiro atoms. The number of nitrogens with one attached hydrogen (secondary N) is 4. The Morgan fingerprint density at radius 2 is 1.33 bits per heavy atom. The van der Waals surface area contributed by atoms with E-state index in [4.69, 9.17) is 11.6 Å². The number of anilines is 2. The highest BCUT2D eigenvalue weighted by molar-refractivity contribution is 6.31. The Hall–Kier alpha value is -2.41. The molecule has 1 aliphatic rings. The third-order valence-corrected chi connectivity index (χ3v) is 6.18. The van der Waals surface area contributed by atoms with E-state index >= 15 is 0 Å². The minimum atomic E-state index is -0.00779. The molecule has 0 aromatic heterocycles. The third-order valence-electron chi connectivity index (χ3n) is 5.77. The summed E-state index contributed by atoms with van der Waals surface area (Å²) in [7, 11) is 0. The minimum Gasteiger partial charge on any atom is -0.321 e. The van der Waals surface area contributed by atoms with Crippen LogP contribution in [0.4, 0.5) is 11.4 Å². The van der Waals surface area contributed by atoms with Gasteiger partial charge in [0, 0.05) is 16.4 Å². The average Bonchev–Trinajstić information content (AvgIpc) is 2.70. The molecule has 3 rings (SSSR count). The van der Waals surface area contributed by atoms with E-state index in [1.807, 2.05) is 57.2 Å². The van der Waals surface area contributed by atoms with Gasteiger partial charge < -0.3 is 20.4 Å². The standard InChI is InChI=1S/C23H29ClN4O2/c1-16-6-4-7-17(2)23(16)26-22(30)15-28-12-10-27(11-13-28)14-21(29)25-20-9-5-8-19(24)18(20)3/h4-9H,10-15H2,1-3H3,(H,25,29)(H,26,30)/p+2. The molecule has 1 heterocycles. The van der Waals surface area contributed by atoms with E-state index in [0.717, 1.165) is 54.2 Å². The summed E-state index contributed by atoms with van der Waals surface area (Å²) in [6.07, 6.45) is 0. The monoisotopic (exact) mass is 430 g/mol. The number of aryl methyl sites for hydroxylation is 2. The Bertz CT molecular complexity index is 903. The molecule has 1 aliphatic heterocycles. The van der Waals surface area contributed by atoms with Gasteiger partial charge in [0.05, 0.1) is 0 Å². The van der Waals surface area contributed by atoms with Gasteiger partial charge in [-0.3, -0.25) is 9.59 Å².